The number of methoxy groups -OCH3 is 1. The molecule has 0 aliphatic heterocycles. The summed E-state index contributed by atoms with van der Waals surface area (Å²) in [7, 11) is 3.60. The summed E-state index contributed by atoms with van der Waals surface area (Å²) in [4.78, 5) is 14.5. The molecule has 2 aromatic carbocycles. The van der Waals surface area contributed by atoms with Crippen molar-refractivity contribution >= 4 is 11.6 Å². The van der Waals surface area contributed by atoms with E-state index in [-0.39, 0.29) is 11.9 Å². The molecule has 0 bridgehead atoms. The van der Waals surface area contributed by atoms with Crippen molar-refractivity contribution in [2.45, 2.75) is 32.9 Å². The monoisotopic (exact) mass is 326 g/mol. The molecule has 4 nitrogen and oxygen atoms in total. The van der Waals surface area contributed by atoms with E-state index in [1.54, 1.807) is 7.11 Å². The number of nitrogens with zero attached hydrogens (tertiary/aromatic N) is 1. The SMILES string of the molecule is CCc1ccc(NC(=O)[C@@H](C)N(C)Cc2cccc(OC)c2)cc1. The Labute approximate surface area is 144 Å². The molecule has 1 atom stereocenters. The van der Waals surface area contributed by atoms with Crippen molar-refractivity contribution in [1.82, 2.24) is 4.90 Å². The van der Waals surface area contributed by atoms with Crippen LogP contribution in [0.1, 0.15) is 25.0 Å². The van der Waals surface area contributed by atoms with Gasteiger partial charge in [0.25, 0.3) is 0 Å². The van der Waals surface area contributed by atoms with Gasteiger partial charge in [-0.05, 0) is 55.8 Å². The molecule has 0 fully saturated rings. The van der Waals surface area contributed by atoms with Crippen LogP contribution < -0.4 is 10.1 Å². The first kappa shape index (κ1) is 18.0. The highest BCUT2D eigenvalue weighted by molar-refractivity contribution is 5.94. The number of ether oxygens (including phenoxy) is 1. The summed E-state index contributed by atoms with van der Waals surface area (Å²) in [6.45, 7) is 4.71. The Balaban J connectivity index is 1.95. The third-order valence-electron chi connectivity index (χ3n) is 4.24. The first-order valence-electron chi connectivity index (χ1n) is 8.26. The van der Waals surface area contributed by atoms with E-state index in [1.165, 1.54) is 5.56 Å². The number of carbonyl (C=O) groups excluding carboxylic acids is 1. The van der Waals surface area contributed by atoms with Crippen LogP contribution in [0.25, 0.3) is 0 Å². The van der Waals surface area contributed by atoms with E-state index >= 15 is 0 Å². The molecule has 0 heterocycles. The molecule has 0 spiro atoms. The Bertz CT molecular complexity index is 668. The van der Waals surface area contributed by atoms with Crippen LogP contribution >= 0.6 is 0 Å². The van der Waals surface area contributed by atoms with Gasteiger partial charge in [-0.2, -0.15) is 0 Å². The van der Waals surface area contributed by atoms with Gasteiger partial charge in [-0.15, -0.1) is 0 Å². The maximum Gasteiger partial charge on any atom is 0.241 e. The standard InChI is InChI=1S/C20H26N2O2/c1-5-16-9-11-18(12-10-16)21-20(23)15(2)22(3)14-17-7-6-8-19(13-17)24-4/h6-13,15H,5,14H2,1-4H3,(H,21,23)/t15-/m1/s1. The lowest BCUT2D eigenvalue weighted by Gasteiger charge is -2.24. The van der Waals surface area contributed by atoms with Crippen LogP contribution in [0.4, 0.5) is 5.69 Å². The predicted molar refractivity (Wildman–Crippen MR) is 98.4 cm³/mol. The summed E-state index contributed by atoms with van der Waals surface area (Å²) in [6, 6.07) is 15.7. The van der Waals surface area contributed by atoms with Gasteiger partial charge in [0.2, 0.25) is 5.91 Å². The van der Waals surface area contributed by atoms with Crippen LogP contribution in [0.3, 0.4) is 0 Å². The molecule has 2 aromatic rings. The van der Waals surface area contributed by atoms with Crippen molar-refractivity contribution in [3.8, 4) is 5.75 Å². The van der Waals surface area contributed by atoms with Crippen molar-refractivity contribution < 1.29 is 9.53 Å². The fourth-order valence-corrected chi connectivity index (χ4v) is 2.47. The molecule has 0 aromatic heterocycles. The highest BCUT2D eigenvalue weighted by atomic mass is 16.5. The van der Waals surface area contributed by atoms with E-state index in [9.17, 15) is 4.79 Å². The number of rotatable bonds is 7. The summed E-state index contributed by atoms with van der Waals surface area (Å²) in [5.41, 5.74) is 3.21. The Kier molecular flexibility index (Phi) is 6.38. The van der Waals surface area contributed by atoms with Crippen molar-refractivity contribution in [2.75, 3.05) is 19.5 Å². The summed E-state index contributed by atoms with van der Waals surface area (Å²) in [5, 5.41) is 2.98. The Hall–Kier alpha value is -2.33. The zero-order valence-electron chi connectivity index (χ0n) is 14.9. The fraction of sp³-hybridized carbons (Fsp3) is 0.350. The van der Waals surface area contributed by atoms with E-state index in [4.69, 9.17) is 4.74 Å². The summed E-state index contributed by atoms with van der Waals surface area (Å²) < 4.78 is 5.24. The third-order valence-corrected chi connectivity index (χ3v) is 4.24. The molecule has 1 N–H and O–H groups in total. The van der Waals surface area contributed by atoms with Crippen molar-refractivity contribution in [3.63, 3.8) is 0 Å². The molecule has 4 heteroatoms. The lowest BCUT2D eigenvalue weighted by atomic mass is 10.1. The molecule has 0 saturated heterocycles. The van der Waals surface area contributed by atoms with Crippen LogP contribution in [-0.2, 0) is 17.8 Å². The van der Waals surface area contributed by atoms with Crippen molar-refractivity contribution in [1.29, 1.82) is 0 Å². The van der Waals surface area contributed by atoms with E-state index in [0.717, 1.165) is 23.4 Å². The van der Waals surface area contributed by atoms with Gasteiger partial charge in [0, 0.05) is 12.2 Å². The molecule has 0 saturated carbocycles. The normalized spacial score (nSPS) is 12.0. The van der Waals surface area contributed by atoms with Gasteiger partial charge in [0.15, 0.2) is 0 Å². The number of amides is 1. The van der Waals surface area contributed by atoms with Gasteiger partial charge in [-0.1, -0.05) is 31.2 Å². The average Bonchev–Trinajstić information content (AvgIpc) is 2.61. The lowest BCUT2D eigenvalue weighted by Crippen LogP contribution is -2.39. The molecule has 0 unspecified atom stereocenters. The molecule has 2 rings (SSSR count). The Morgan fingerprint density at radius 2 is 1.88 bits per heavy atom. The van der Waals surface area contributed by atoms with E-state index in [1.807, 2.05) is 67.4 Å². The minimum atomic E-state index is -0.234. The van der Waals surface area contributed by atoms with Crippen LogP contribution in [0, 0.1) is 0 Å². The molecule has 24 heavy (non-hydrogen) atoms. The minimum absolute atomic E-state index is 0.00959. The smallest absolute Gasteiger partial charge is 0.241 e. The van der Waals surface area contributed by atoms with Gasteiger partial charge in [-0.3, -0.25) is 9.69 Å². The number of hydrogen-bond donors (Lipinski definition) is 1. The van der Waals surface area contributed by atoms with Gasteiger partial charge in [0.1, 0.15) is 5.75 Å². The van der Waals surface area contributed by atoms with Gasteiger partial charge in [0.05, 0.1) is 13.2 Å². The second-order valence-corrected chi connectivity index (χ2v) is 5.98. The Morgan fingerprint density at radius 3 is 2.50 bits per heavy atom. The first-order valence-corrected chi connectivity index (χ1v) is 8.26. The number of hydrogen-bond acceptors (Lipinski definition) is 3. The van der Waals surface area contributed by atoms with E-state index in [0.29, 0.717) is 6.54 Å². The fourth-order valence-electron chi connectivity index (χ4n) is 2.47. The number of benzene rings is 2. The largest absolute Gasteiger partial charge is 0.497 e. The van der Waals surface area contributed by atoms with E-state index in [2.05, 4.69) is 12.2 Å². The Morgan fingerprint density at radius 1 is 1.17 bits per heavy atom. The number of nitrogens with one attached hydrogen (secondary N) is 1. The molecular weight excluding hydrogens is 300 g/mol. The van der Waals surface area contributed by atoms with Gasteiger partial charge >= 0.3 is 0 Å². The second kappa shape index (κ2) is 8.50. The number of carbonyl (C=O) groups is 1. The van der Waals surface area contributed by atoms with Crippen LogP contribution in [0.5, 0.6) is 5.75 Å². The number of likely N-dealkylation sites (N-methyl/N-ethyl adjacent to an activating group) is 1. The molecule has 0 radical (unpaired) electrons. The van der Waals surface area contributed by atoms with Gasteiger partial charge in [-0.25, -0.2) is 0 Å². The highest BCUT2D eigenvalue weighted by Crippen LogP contribution is 2.16. The third kappa shape index (κ3) is 4.83. The predicted octanol–water partition coefficient (Wildman–Crippen LogP) is 3.72. The maximum atomic E-state index is 12.4. The topological polar surface area (TPSA) is 41.6 Å². The summed E-state index contributed by atoms with van der Waals surface area (Å²) >= 11 is 0. The lowest BCUT2D eigenvalue weighted by molar-refractivity contribution is -0.120. The van der Waals surface area contributed by atoms with Crippen molar-refractivity contribution in [2.24, 2.45) is 0 Å². The summed E-state index contributed by atoms with van der Waals surface area (Å²) in [6.07, 6.45) is 0.994. The zero-order chi connectivity index (χ0) is 17.5. The number of anilines is 1. The minimum Gasteiger partial charge on any atom is -0.497 e. The average molecular weight is 326 g/mol. The molecule has 1 amide bonds. The summed E-state index contributed by atoms with van der Waals surface area (Å²) in [5.74, 6) is 0.818. The second-order valence-electron chi connectivity index (χ2n) is 5.98. The van der Waals surface area contributed by atoms with Crippen LogP contribution in [0.2, 0.25) is 0 Å². The molecule has 128 valence electrons. The van der Waals surface area contributed by atoms with E-state index < -0.39 is 0 Å². The quantitative estimate of drug-likeness (QED) is 0.843. The first-order chi connectivity index (χ1) is 11.5. The zero-order valence-corrected chi connectivity index (χ0v) is 14.9. The van der Waals surface area contributed by atoms with Gasteiger partial charge < -0.3 is 10.1 Å². The number of aryl methyl sites for hydroxylation is 1. The molecule has 0 aliphatic rings. The molecule has 0 aliphatic carbocycles. The maximum absolute atomic E-state index is 12.4. The van der Waals surface area contributed by atoms with Crippen LogP contribution in [0.15, 0.2) is 48.5 Å². The highest BCUT2D eigenvalue weighted by Gasteiger charge is 2.18. The molecular formula is C20H26N2O2. The van der Waals surface area contributed by atoms with Crippen LogP contribution in [-0.4, -0.2) is 31.0 Å². The van der Waals surface area contributed by atoms with Crippen molar-refractivity contribution in [3.05, 3.63) is 59.7 Å².